The van der Waals surface area contributed by atoms with Gasteiger partial charge in [-0.1, -0.05) is 19.1 Å². The Morgan fingerprint density at radius 1 is 1.29 bits per heavy atom. The lowest BCUT2D eigenvalue weighted by atomic mass is 10.1. The minimum Gasteiger partial charge on any atom is -0.340 e. The van der Waals surface area contributed by atoms with Crippen molar-refractivity contribution in [3.05, 3.63) is 35.4 Å². The second-order valence-electron chi connectivity index (χ2n) is 3.88. The topological polar surface area (TPSA) is 32.3 Å². The molecule has 96 valence electrons. The highest BCUT2D eigenvalue weighted by Crippen LogP contribution is 2.07. The van der Waals surface area contributed by atoms with Crippen LogP contribution in [0.25, 0.3) is 0 Å². The summed E-state index contributed by atoms with van der Waals surface area (Å²) in [6.45, 7) is 3.65. The van der Waals surface area contributed by atoms with Gasteiger partial charge < -0.3 is 10.2 Å². The molecule has 1 amide bonds. The van der Waals surface area contributed by atoms with E-state index in [2.05, 4.69) is 12.2 Å². The first-order valence-corrected chi connectivity index (χ1v) is 5.68. The molecule has 0 aromatic heterocycles. The molecule has 0 bridgehead atoms. The summed E-state index contributed by atoms with van der Waals surface area (Å²) in [5, 5.41) is 3.03. The maximum absolute atomic E-state index is 11.9. The predicted molar refractivity (Wildman–Crippen MR) is 74.0 cm³/mol. The van der Waals surface area contributed by atoms with Crippen LogP contribution in [0.1, 0.15) is 22.8 Å². The number of carbonyl (C=O) groups is 1. The molecule has 1 aromatic rings. The summed E-state index contributed by atoms with van der Waals surface area (Å²) in [6, 6.07) is 7.83. The monoisotopic (exact) mass is 256 g/mol. The highest BCUT2D eigenvalue weighted by atomic mass is 35.5. The van der Waals surface area contributed by atoms with Crippen molar-refractivity contribution in [3.8, 4) is 0 Å². The zero-order valence-electron chi connectivity index (χ0n) is 10.7. The second kappa shape index (κ2) is 8.09. The Morgan fingerprint density at radius 3 is 2.35 bits per heavy atom. The molecule has 0 aliphatic carbocycles. The van der Waals surface area contributed by atoms with Gasteiger partial charge in [0.2, 0.25) is 0 Å². The molecule has 0 unspecified atom stereocenters. The van der Waals surface area contributed by atoms with Gasteiger partial charge in [0, 0.05) is 25.7 Å². The van der Waals surface area contributed by atoms with Gasteiger partial charge in [0.05, 0.1) is 0 Å². The van der Waals surface area contributed by atoms with Gasteiger partial charge in [-0.3, -0.25) is 4.79 Å². The molecular weight excluding hydrogens is 236 g/mol. The van der Waals surface area contributed by atoms with Gasteiger partial charge in [0.1, 0.15) is 0 Å². The number of rotatable bonds is 5. The van der Waals surface area contributed by atoms with E-state index in [9.17, 15) is 4.79 Å². The Bertz CT molecular complexity index is 338. The molecule has 0 saturated heterocycles. The molecule has 1 rings (SSSR count). The van der Waals surface area contributed by atoms with E-state index in [1.807, 2.05) is 38.4 Å². The lowest BCUT2D eigenvalue weighted by Crippen LogP contribution is -2.32. The second-order valence-corrected chi connectivity index (χ2v) is 3.88. The van der Waals surface area contributed by atoms with Gasteiger partial charge in [0.25, 0.3) is 5.91 Å². The van der Waals surface area contributed by atoms with Crippen LogP contribution in [0.2, 0.25) is 0 Å². The van der Waals surface area contributed by atoms with Crippen LogP contribution in [0.15, 0.2) is 24.3 Å². The number of amides is 1. The number of benzene rings is 1. The van der Waals surface area contributed by atoms with Crippen LogP contribution in [0.5, 0.6) is 0 Å². The summed E-state index contributed by atoms with van der Waals surface area (Å²) in [4.78, 5) is 13.7. The van der Waals surface area contributed by atoms with Gasteiger partial charge >= 0.3 is 0 Å². The summed E-state index contributed by atoms with van der Waals surface area (Å²) in [7, 11) is 3.71. The Balaban J connectivity index is 0.00000256. The van der Waals surface area contributed by atoms with Crippen LogP contribution in [-0.4, -0.2) is 38.0 Å². The fourth-order valence-electron chi connectivity index (χ4n) is 1.48. The van der Waals surface area contributed by atoms with Crippen LogP contribution in [0.4, 0.5) is 0 Å². The van der Waals surface area contributed by atoms with Gasteiger partial charge in [-0.2, -0.15) is 0 Å². The van der Waals surface area contributed by atoms with Crippen LogP contribution in [-0.2, 0) is 6.42 Å². The number of likely N-dealkylation sites (N-methyl/N-ethyl adjacent to an activating group) is 2. The van der Waals surface area contributed by atoms with E-state index in [0.29, 0.717) is 0 Å². The third-order valence-corrected chi connectivity index (χ3v) is 2.65. The zero-order valence-corrected chi connectivity index (χ0v) is 11.5. The van der Waals surface area contributed by atoms with Crippen molar-refractivity contribution in [1.29, 1.82) is 0 Å². The first-order valence-electron chi connectivity index (χ1n) is 5.68. The van der Waals surface area contributed by atoms with Crippen LogP contribution >= 0.6 is 12.4 Å². The molecule has 0 fully saturated rings. The Hall–Kier alpha value is -1.06. The molecular formula is C13H21ClN2O. The number of carbonyl (C=O) groups excluding carboxylic acids is 1. The molecule has 0 spiro atoms. The van der Waals surface area contributed by atoms with Crippen molar-refractivity contribution >= 4 is 18.3 Å². The number of nitrogens with one attached hydrogen (secondary N) is 1. The number of halogens is 1. The summed E-state index contributed by atoms with van der Waals surface area (Å²) < 4.78 is 0. The van der Waals surface area contributed by atoms with E-state index >= 15 is 0 Å². The van der Waals surface area contributed by atoms with E-state index in [1.165, 1.54) is 5.56 Å². The van der Waals surface area contributed by atoms with Gasteiger partial charge in [-0.25, -0.2) is 0 Å². The molecule has 4 heteroatoms. The predicted octanol–water partition coefficient (Wildman–Crippen LogP) is 1.96. The molecule has 0 radical (unpaired) electrons. The van der Waals surface area contributed by atoms with Crippen molar-refractivity contribution in [3.63, 3.8) is 0 Å². The van der Waals surface area contributed by atoms with E-state index < -0.39 is 0 Å². The zero-order chi connectivity index (χ0) is 12.0. The molecule has 1 N–H and O–H groups in total. The van der Waals surface area contributed by atoms with Gasteiger partial charge in [-0.05, 0) is 31.2 Å². The maximum atomic E-state index is 11.9. The molecule has 0 atom stereocenters. The normalized spacial score (nSPS) is 9.59. The Labute approximate surface area is 110 Å². The molecule has 0 aliphatic rings. The smallest absolute Gasteiger partial charge is 0.253 e. The molecule has 1 aromatic carbocycles. The average molecular weight is 257 g/mol. The van der Waals surface area contributed by atoms with Crippen LogP contribution < -0.4 is 5.32 Å². The Morgan fingerprint density at radius 2 is 1.88 bits per heavy atom. The molecule has 0 aliphatic heterocycles. The standard InChI is InChI=1S/C13H20N2O.ClH/c1-4-11-5-7-12(8-6-11)13(16)15(3)10-9-14-2;/h5-8,14H,4,9-10H2,1-3H3;1H. The van der Waals surface area contributed by atoms with Gasteiger partial charge in [0.15, 0.2) is 0 Å². The van der Waals surface area contributed by atoms with Crippen LogP contribution in [0, 0.1) is 0 Å². The lowest BCUT2D eigenvalue weighted by Gasteiger charge is -2.16. The van der Waals surface area contributed by atoms with Crippen molar-refractivity contribution in [2.45, 2.75) is 13.3 Å². The maximum Gasteiger partial charge on any atom is 0.253 e. The highest BCUT2D eigenvalue weighted by molar-refractivity contribution is 5.94. The van der Waals surface area contributed by atoms with Crippen LogP contribution in [0.3, 0.4) is 0 Å². The summed E-state index contributed by atoms with van der Waals surface area (Å²) >= 11 is 0. The third-order valence-electron chi connectivity index (χ3n) is 2.65. The largest absolute Gasteiger partial charge is 0.340 e. The third kappa shape index (κ3) is 4.75. The average Bonchev–Trinajstić information content (AvgIpc) is 2.35. The van der Waals surface area contributed by atoms with Gasteiger partial charge in [-0.15, -0.1) is 12.4 Å². The highest BCUT2D eigenvalue weighted by Gasteiger charge is 2.10. The SMILES string of the molecule is CCc1ccc(C(=O)N(C)CCNC)cc1.Cl. The number of hydrogen-bond donors (Lipinski definition) is 1. The molecule has 0 saturated carbocycles. The minimum absolute atomic E-state index is 0. The first kappa shape index (κ1) is 15.9. The minimum atomic E-state index is 0. The van der Waals surface area contributed by atoms with E-state index in [4.69, 9.17) is 0 Å². The summed E-state index contributed by atoms with van der Waals surface area (Å²) in [6.07, 6.45) is 1.00. The first-order chi connectivity index (χ1) is 7.69. The summed E-state index contributed by atoms with van der Waals surface area (Å²) in [5.41, 5.74) is 2.02. The van der Waals surface area contributed by atoms with E-state index in [0.717, 1.165) is 25.1 Å². The number of aryl methyl sites for hydroxylation is 1. The molecule has 17 heavy (non-hydrogen) atoms. The quantitative estimate of drug-likeness (QED) is 0.874. The molecule has 0 heterocycles. The molecule has 3 nitrogen and oxygen atoms in total. The van der Waals surface area contributed by atoms with Crippen molar-refractivity contribution in [2.24, 2.45) is 0 Å². The fraction of sp³-hybridized carbons (Fsp3) is 0.462. The fourth-order valence-corrected chi connectivity index (χ4v) is 1.48. The number of hydrogen-bond acceptors (Lipinski definition) is 2. The van der Waals surface area contributed by atoms with Crippen molar-refractivity contribution in [1.82, 2.24) is 10.2 Å². The van der Waals surface area contributed by atoms with Crippen molar-refractivity contribution < 1.29 is 4.79 Å². The summed E-state index contributed by atoms with van der Waals surface area (Å²) in [5.74, 6) is 0.0814. The van der Waals surface area contributed by atoms with E-state index in [1.54, 1.807) is 4.90 Å². The van der Waals surface area contributed by atoms with E-state index in [-0.39, 0.29) is 18.3 Å². The number of nitrogens with zero attached hydrogens (tertiary/aromatic N) is 1. The lowest BCUT2D eigenvalue weighted by molar-refractivity contribution is 0.0797. The Kier molecular flexibility index (Phi) is 7.59. The van der Waals surface area contributed by atoms with Crippen molar-refractivity contribution in [2.75, 3.05) is 27.2 Å².